The maximum Gasteiger partial charge on any atom is 0.332 e. The predicted molar refractivity (Wildman–Crippen MR) is 98.2 cm³/mol. The Bertz CT molecular complexity index is 854. The fraction of sp³-hybridized carbons (Fsp3) is 0.571. The SMILES string of the molecule is COC(=O)[C@]12CC[C@]34CCCN(C=O)[C@@H]3[C@@]1(CC(=O)C4)c1ccccc1N2. The number of methoxy groups -OCH3 is 1. The van der Waals surface area contributed by atoms with E-state index in [4.69, 9.17) is 4.74 Å². The number of ketones is 1. The van der Waals surface area contributed by atoms with Gasteiger partial charge in [-0.25, -0.2) is 4.79 Å². The number of benzene rings is 1. The van der Waals surface area contributed by atoms with E-state index in [1.165, 1.54) is 7.11 Å². The highest BCUT2D eigenvalue weighted by molar-refractivity contribution is 5.96. The summed E-state index contributed by atoms with van der Waals surface area (Å²) in [6, 6.07) is 7.69. The molecule has 2 aliphatic carbocycles. The average molecular weight is 368 g/mol. The molecule has 0 unspecified atom stereocenters. The average Bonchev–Trinajstić information content (AvgIpc) is 2.96. The quantitative estimate of drug-likeness (QED) is 0.639. The van der Waals surface area contributed by atoms with E-state index in [0.717, 1.165) is 36.9 Å². The summed E-state index contributed by atoms with van der Waals surface area (Å²) in [6.45, 7) is 0.672. The largest absolute Gasteiger partial charge is 0.467 e. The van der Waals surface area contributed by atoms with Gasteiger partial charge in [-0.15, -0.1) is 0 Å². The molecular formula is C21H24N2O4. The van der Waals surface area contributed by atoms with Gasteiger partial charge in [-0.3, -0.25) is 9.59 Å². The lowest BCUT2D eigenvalue weighted by atomic mass is 9.42. The lowest BCUT2D eigenvalue weighted by molar-refractivity contribution is -0.173. The first kappa shape index (κ1) is 16.8. The van der Waals surface area contributed by atoms with Crippen LogP contribution in [-0.4, -0.2) is 48.3 Å². The fourth-order valence-electron chi connectivity index (χ4n) is 6.96. The number of hydrogen-bond donors (Lipinski definition) is 1. The molecule has 1 spiro atoms. The van der Waals surface area contributed by atoms with Crippen LogP contribution in [0.2, 0.25) is 0 Å². The number of rotatable bonds is 2. The van der Waals surface area contributed by atoms with Gasteiger partial charge in [0.15, 0.2) is 0 Å². The van der Waals surface area contributed by atoms with E-state index in [2.05, 4.69) is 5.32 Å². The number of likely N-dealkylation sites (tertiary alicyclic amines) is 1. The Morgan fingerprint density at radius 1 is 1.26 bits per heavy atom. The standard InChI is InChI=1S/C21H24N2O4/c1-27-18(26)21-9-8-19-7-4-10-23(13-24)17(19)20(21,12-14(25)11-19)15-5-2-3-6-16(15)22-21/h2-3,5-6,13,17,22H,4,7-12H2,1H3/t17-,19-,20+,21+/m0/s1. The number of nitrogens with zero attached hydrogens (tertiary/aromatic N) is 1. The monoisotopic (exact) mass is 368 g/mol. The van der Waals surface area contributed by atoms with Crippen LogP contribution in [0, 0.1) is 5.41 Å². The van der Waals surface area contributed by atoms with Crippen molar-refractivity contribution in [3.63, 3.8) is 0 Å². The van der Waals surface area contributed by atoms with Crippen molar-refractivity contribution in [1.82, 2.24) is 4.90 Å². The van der Waals surface area contributed by atoms with Crippen LogP contribution >= 0.6 is 0 Å². The highest BCUT2D eigenvalue weighted by Gasteiger charge is 2.76. The molecule has 6 heteroatoms. The van der Waals surface area contributed by atoms with Crippen molar-refractivity contribution < 1.29 is 19.1 Å². The lowest BCUT2D eigenvalue weighted by Crippen LogP contribution is -2.77. The summed E-state index contributed by atoms with van der Waals surface area (Å²) < 4.78 is 5.27. The van der Waals surface area contributed by atoms with Crippen LogP contribution in [0.3, 0.4) is 0 Å². The highest BCUT2D eigenvalue weighted by atomic mass is 16.5. The molecular weight excluding hydrogens is 344 g/mol. The van der Waals surface area contributed by atoms with Crippen LogP contribution in [0.15, 0.2) is 24.3 Å². The number of piperidine rings is 1. The van der Waals surface area contributed by atoms with Crippen LogP contribution < -0.4 is 5.32 Å². The number of Topliss-reactive ketones (excluding diaryl/α,β-unsaturated/α-hetero) is 1. The molecule has 1 aromatic rings. The molecule has 0 aromatic heterocycles. The van der Waals surface area contributed by atoms with Crippen molar-refractivity contribution in [2.24, 2.45) is 5.41 Å². The summed E-state index contributed by atoms with van der Waals surface area (Å²) in [7, 11) is 1.40. The summed E-state index contributed by atoms with van der Waals surface area (Å²) in [5.74, 6) is -0.149. The second kappa shape index (κ2) is 5.33. The smallest absolute Gasteiger partial charge is 0.332 e. The summed E-state index contributed by atoms with van der Waals surface area (Å²) in [6.07, 6.45) is 4.88. The first-order valence-corrected chi connectivity index (χ1v) is 9.72. The number of carbonyl (C=O) groups is 3. The van der Waals surface area contributed by atoms with Crippen LogP contribution in [0.25, 0.3) is 0 Å². The molecule has 0 radical (unpaired) electrons. The van der Waals surface area contributed by atoms with Crippen molar-refractivity contribution in [2.45, 2.75) is 55.5 Å². The molecule has 4 aliphatic rings. The Morgan fingerprint density at radius 3 is 2.85 bits per heavy atom. The van der Waals surface area contributed by atoms with Crippen molar-refractivity contribution in [1.29, 1.82) is 0 Å². The van der Waals surface area contributed by atoms with E-state index >= 15 is 0 Å². The van der Waals surface area contributed by atoms with E-state index in [-0.39, 0.29) is 29.6 Å². The minimum absolute atomic E-state index is 0.169. The molecule has 1 aromatic carbocycles. The third-order valence-corrected chi connectivity index (χ3v) is 7.68. The molecule has 6 nitrogen and oxygen atoms in total. The zero-order chi connectivity index (χ0) is 18.9. The second-order valence-electron chi connectivity index (χ2n) is 8.64. The number of anilines is 1. The van der Waals surface area contributed by atoms with Crippen LogP contribution in [0.5, 0.6) is 0 Å². The number of para-hydroxylation sites is 1. The van der Waals surface area contributed by atoms with Gasteiger partial charge in [0.1, 0.15) is 11.3 Å². The molecule has 142 valence electrons. The number of fused-ring (bicyclic) bond motifs is 1. The zero-order valence-corrected chi connectivity index (χ0v) is 15.5. The number of esters is 1. The van der Waals surface area contributed by atoms with Gasteiger partial charge in [0, 0.05) is 25.1 Å². The maximum atomic E-state index is 13.2. The number of carbonyl (C=O) groups excluding carboxylic acids is 3. The van der Waals surface area contributed by atoms with Gasteiger partial charge in [-0.05, 0) is 42.7 Å². The molecule has 27 heavy (non-hydrogen) atoms. The van der Waals surface area contributed by atoms with Gasteiger partial charge in [-0.1, -0.05) is 18.2 Å². The number of ether oxygens (including phenoxy) is 1. The van der Waals surface area contributed by atoms with Gasteiger partial charge >= 0.3 is 5.97 Å². The molecule has 2 heterocycles. The van der Waals surface area contributed by atoms with Crippen molar-refractivity contribution in [3.05, 3.63) is 29.8 Å². The van der Waals surface area contributed by atoms with E-state index in [1.54, 1.807) is 0 Å². The maximum absolute atomic E-state index is 13.2. The third kappa shape index (κ3) is 1.79. The van der Waals surface area contributed by atoms with E-state index < -0.39 is 11.0 Å². The van der Waals surface area contributed by atoms with Crippen LogP contribution in [0.1, 0.15) is 44.1 Å². The molecule has 1 amide bonds. The fourth-order valence-corrected chi connectivity index (χ4v) is 6.96. The highest BCUT2D eigenvalue weighted by Crippen LogP contribution is 2.67. The Hall–Kier alpha value is -2.37. The minimum Gasteiger partial charge on any atom is -0.467 e. The van der Waals surface area contributed by atoms with Crippen molar-refractivity contribution in [3.8, 4) is 0 Å². The predicted octanol–water partition coefficient (Wildman–Crippen LogP) is 2.03. The van der Waals surface area contributed by atoms with E-state index in [0.29, 0.717) is 19.4 Å². The molecule has 2 aliphatic heterocycles. The Morgan fingerprint density at radius 2 is 2.07 bits per heavy atom. The Labute approximate surface area is 158 Å². The topological polar surface area (TPSA) is 75.7 Å². The number of nitrogens with one attached hydrogen (secondary N) is 1. The van der Waals surface area contributed by atoms with E-state index in [9.17, 15) is 14.4 Å². The van der Waals surface area contributed by atoms with Crippen LogP contribution in [0.4, 0.5) is 5.69 Å². The normalized spacial score (nSPS) is 38.9. The summed E-state index contributed by atoms with van der Waals surface area (Å²) in [5, 5.41) is 3.47. The number of amides is 1. The Balaban J connectivity index is 1.84. The molecule has 4 atom stereocenters. The van der Waals surface area contributed by atoms with Crippen molar-refractivity contribution in [2.75, 3.05) is 19.0 Å². The summed E-state index contributed by atoms with van der Waals surface area (Å²) in [4.78, 5) is 40.2. The van der Waals surface area contributed by atoms with Gasteiger partial charge in [0.05, 0.1) is 18.6 Å². The first-order valence-electron chi connectivity index (χ1n) is 9.72. The van der Waals surface area contributed by atoms with Crippen molar-refractivity contribution >= 4 is 23.9 Å². The van der Waals surface area contributed by atoms with Gasteiger partial charge in [0.2, 0.25) is 6.41 Å². The summed E-state index contributed by atoms with van der Waals surface area (Å²) >= 11 is 0. The van der Waals surface area contributed by atoms with Gasteiger partial charge in [0.25, 0.3) is 0 Å². The summed E-state index contributed by atoms with van der Waals surface area (Å²) in [5.41, 5.74) is -0.165. The van der Waals surface area contributed by atoms with Gasteiger partial charge < -0.3 is 15.0 Å². The molecule has 5 rings (SSSR count). The lowest BCUT2D eigenvalue weighted by Gasteiger charge is -2.66. The minimum atomic E-state index is -1.01. The number of hydrogen-bond acceptors (Lipinski definition) is 5. The molecule has 2 saturated carbocycles. The molecule has 1 N–H and O–H groups in total. The van der Waals surface area contributed by atoms with Gasteiger partial charge in [-0.2, -0.15) is 0 Å². The molecule has 1 saturated heterocycles. The van der Waals surface area contributed by atoms with E-state index in [1.807, 2.05) is 29.2 Å². The third-order valence-electron chi connectivity index (χ3n) is 7.68. The van der Waals surface area contributed by atoms with Crippen LogP contribution in [-0.2, 0) is 24.5 Å². The molecule has 2 bridgehead atoms. The first-order chi connectivity index (χ1) is 13.0. The Kier molecular flexibility index (Phi) is 3.31. The zero-order valence-electron chi connectivity index (χ0n) is 15.5. The molecule has 3 fully saturated rings. The second-order valence-corrected chi connectivity index (χ2v) is 8.64.